The maximum absolute atomic E-state index is 5.96. The Morgan fingerprint density at radius 2 is 2.11 bits per heavy atom. The molecule has 1 saturated carbocycles. The molecular weight excluding hydrogens is 250 g/mol. The predicted molar refractivity (Wildman–Crippen MR) is 70.3 cm³/mol. The number of anilines is 1. The molecular formula is C13H14ClN3O. The van der Waals surface area contributed by atoms with Crippen LogP contribution in [0.4, 0.5) is 5.69 Å². The van der Waals surface area contributed by atoms with Gasteiger partial charge in [0.15, 0.2) is 5.82 Å². The summed E-state index contributed by atoms with van der Waals surface area (Å²) in [5.74, 6) is 1.64. The second-order valence-electron chi connectivity index (χ2n) is 5.48. The van der Waals surface area contributed by atoms with E-state index in [4.69, 9.17) is 21.9 Å². The van der Waals surface area contributed by atoms with Gasteiger partial charge in [-0.3, -0.25) is 0 Å². The Morgan fingerprint density at radius 3 is 2.72 bits per heavy atom. The molecule has 0 radical (unpaired) electrons. The van der Waals surface area contributed by atoms with Crippen LogP contribution >= 0.6 is 11.6 Å². The van der Waals surface area contributed by atoms with Crippen LogP contribution in [0.15, 0.2) is 22.7 Å². The van der Waals surface area contributed by atoms with Crippen molar-refractivity contribution in [2.45, 2.75) is 26.2 Å². The first-order chi connectivity index (χ1) is 8.45. The van der Waals surface area contributed by atoms with E-state index >= 15 is 0 Å². The quantitative estimate of drug-likeness (QED) is 0.843. The van der Waals surface area contributed by atoms with Gasteiger partial charge in [0.1, 0.15) is 0 Å². The third kappa shape index (κ3) is 1.97. The fourth-order valence-electron chi connectivity index (χ4n) is 2.14. The number of rotatable bonds is 2. The molecule has 0 aliphatic heterocycles. The van der Waals surface area contributed by atoms with Gasteiger partial charge < -0.3 is 10.3 Å². The molecule has 0 bridgehead atoms. The van der Waals surface area contributed by atoms with Crippen molar-refractivity contribution in [2.24, 2.45) is 5.41 Å². The van der Waals surface area contributed by atoms with Gasteiger partial charge in [0.05, 0.1) is 0 Å². The van der Waals surface area contributed by atoms with E-state index < -0.39 is 0 Å². The third-order valence-electron chi connectivity index (χ3n) is 3.43. The highest BCUT2D eigenvalue weighted by atomic mass is 35.5. The number of nitrogens with two attached hydrogens (primary N) is 1. The highest BCUT2D eigenvalue weighted by molar-refractivity contribution is 6.31. The Balaban J connectivity index is 1.93. The molecule has 1 atom stereocenters. The van der Waals surface area contributed by atoms with Crippen LogP contribution in [0.1, 0.15) is 32.0 Å². The first kappa shape index (κ1) is 11.5. The van der Waals surface area contributed by atoms with E-state index in [2.05, 4.69) is 24.0 Å². The van der Waals surface area contributed by atoms with Gasteiger partial charge in [-0.25, -0.2) is 0 Å². The van der Waals surface area contributed by atoms with E-state index in [0.29, 0.717) is 22.5 Å². The number of nitrogen functional groups attached to an aromatic ring is 1. The summed E-state index contributed by atoms with van der Waals surface area (Å²) in [5, 5.41) is 4.61. The molecule has 94 valence electrons. The lowest BCUT2D eigenvalue weighted by atomic mass is 10.1. The number of nitrogens with zero attached hydrogens (tertiary/aromatic N) is 2. The minimum atomic E-state index is 0.286. The van der Waals surface area contributed by atoms with E-state index in [-0.39, 0.29) is 5.41 Å². The largest absolute Gasteiger partial charge is 0.399 e. The van der Waals surface area contributed by atoms with E-state index in [1.807, 2.05) is 0 Å². The van der Waals surface area contributed by atoms with Crippen molar-refractivity contribution in [1.82, 2.24) is 10.1 Å². The summed E-state index contributed by atoms with van der Waals surface area (Å²) in [5.41, 5.74) is 7.38. The van der Waals surface area contributed by atoms with Gasteiger partial charge >= 0.3 is 0 Å². The summed E-state index contributed by atoms with van der Waals surface area (Å²) in [4.78, 5) is 4.43. The fourth-order valence-corrected chi connectivity index (χ4v) is 2.38. The molecule has 5 heteroatoms. The Hall–Kier alpha value is -1.55. The van der Waals surface area contributed by atoms with Gasteiger partial charge in [0.25, 0.3) is 5.89 Å². The zero-order chi connectivity index (χ0) is 12.9. The first-order valence-electron chi connectivity index (χ1n) is 5.86. The molecule has 1 fully saturated rings. The Kier molecular flexibility index (Phi) is 2.38. The average Bonchev–Trinajstić information content (AvgIpc) is 2.75. The molecule has 3 rings (SSSR count). The Bertz CT molecular complexity index is 586. The molecule has 1 heterocycles. The molecule has 2 N–H and O–H groups in total. The van der Waals surface area contributed by atoms with Crippen molar-refractivity contribution in [3.63, 3.8) is 0 Å². The van der Waals surface area contributed by atoms with Crippen molar-refractivity contribution >= 4 is 17.3 Å². The minimum Gasteiger partial charge on any atom is -0.399 e. The van der Waals surface area contributed by atoms with Crippen LogP contribution in [0.3, 0.4) is 0 Å². The van der Waals surface area contributed by atoms with Crippen LogP contribution in [-0.2, 0) is 0 Å². The summed E-state index contributed by atoms with van der Waals surface area (Å²) < 4.78 is 5.28. The normalized spacial score (nSPS) is 20.9. The lowest BCUT2D eigenvalue weighted by molar-refractivity contribution is 0.419. The fraction of sp³-hybridized carbons (Fsp3) is 0.385. The summed E-state index contributed by atoms with van der Waals surface area (Å²) in [7, 11) is 0. The molecule has 0 saturated heterocycles. The lowest BCUT2D eigenvalue weighted by Crippen LogP contribution is -1.92. The number of hydrogen-bond donors (Lipinski definition) is 1. The first-order valence-corrected chi connectivity index (χ1v) is 6.23. The molecule has 1 unspecified atom stereocenters. The number of hydrogen-bond acceptors (Lipinski definition) is 4. The van der Waals surface area contributed by atoms with Crippen LogP contribution in [-0.4, -0.2) is 10.1 Å². The number of aromatic nitrogens is 2. The van der Waals surface area contributed by atoms with Crippen molar-refractivity contribution in [3.05, 3.63) is 29.0 Å². The average molecular weight is 264 g/mol. The van der Waals surface area contributed by atoms with Crippen molar-refractivity contribution in [3.8, 4) is 11.5 Å². The lowest BCUT2D eigenvalue weighted by Gasteiger charge is -1.98. The van der Waals surface area contributed by atoms with Gasteiger partial charge in [-0.2, -0.15) is 4.98 Å². The van der Waals surface area contributed by atoms with Gasteiger partial charge in [0, 0.05) is 22.2 Å². The van der Waals surface area contributed by atoms with Crippen LogP contribution < -0.4 is 5.73 Å². The Morgan fingerprint density at radius 1 is 1.39 bits per heavy atom. The second kappa shape index (κ2) is 3.72. The third-order valence-corrected chi connectivity index (χ3v) is 3.65. The van der Waals surface area contributed by atoms with Gasteiger partial charge in [-0.1, -0.05) is 30.6 Å². The topological polar surface area (TPSA) is 64.9 Å². The van der Waals surface area contributed by atoms with Crippen LogP contribution in [0.25, 0.3) is 11.5 Å². The van der Waals surface area contributed by atoms with E-state index in [0.717, 1.165) is 17.8 Å². The molecule has 4 nitrogen and oxygen atoms in total. The summed E-state index contributed by atoms with van der Waals surface area (Å²) in [6.07, 6.45) is 1.10. The summed E-state index contributed by atoms with van der Waals surface area (Å²) in [6, 6.07) is 5.24. The Labute approximate surface area is 110 Å². The van der Waals surface area contributed by atoms with Crippen LogP contribution in [0.5, 0.6) is 0 Å². The highest BCUT2D eigenvalue weighted by Gasteiger charge is 2.49. The molecule has 1 aromatic carbocycles. The van der Waals surface area contributed by atoms with Gasteiger partial charge in [-0.15, -0.1) is 0 Å². The maximum Gasteiger partial charge on any atom is 0.258 e. The smallest absolute Gasteiger partial charge is 0.258 e. The van der Waals surface area contributed by atoms with Crippen molar-refractivity contribution in [1.29, 1.82) is 0 Å². The monoisotopic (exact) mass is 263 g/mol. The molecule has 1 aliphatic carbocycles. The summed E-state index contributed by atoms with van der Waals surface area (Å²) >= 11 is 5.96. The predicted octanol–water partition coefficient (Wildman–Crippen LogP) is 3.49. The minimum absolute atomic E-state index is 0.286. The zero-order valence-corrected chi connectivity index (χ0v) is 11.0. The molecule has 2 aromatic rings. The SMILES string of the molecule is CC1(C)CC1c1noc(-c2cc(N)cc(Cl)c2)n1. The maximum atomic E-state index is 5.96. The standard InChI is InChI=1S/C13H14ClN3O/c1-13(2)6-10(13)11-16-12(18-17-11)7-3-8(14)5-9(15)4-7/h3-5,10H,6,15H2,1-2H3. The van der Waals surface area contributed by atoms with Gasteiger partial charge in [0.2, 0.25) is 0 Å². The molecule has 0 spiro atoms. The number of benzene rings is 1. The van der Waals surface area contributed by atoms with E-state index in [1.165, 1.54) is 0 Å². The van der Waals surface area contributed by atoms with Crippen molar-refractivity contribution in [2.75, 3.05) is 5.73 Å². The molecule has 1 aliphatic rings. The molecule has 0 amide bonds. The summed E-state index contributed by atoms with van der Waals surface area (Å²) in [6.45, 7) is 4.40. The highest BCUT2D eigenvalue weighted by Crippen LogP contribution is 2.57. The number of halogens is 1. The van der Waals surface area contributed by atoms with E-state index in [1.54, 1.807) is 18.2 Å². The zero-order valence-electron chi connectivity index (χ0n) is 10.3. The molecule has 18 heavy (non-hydrogen) atoms. The van der Waals surface area contributed by atoms with Crippen LogP contribution in [0, 0.1) is 5.41 Å². The van der Waals surface area contributed by atoms with Crippen molar-refractivity contribution < 1.29 is 4.52 Å². The van der Waals surface area contributed by atoms with Gasteiger partial charge in [-0.05, 0) is 30.0 Å². The van der Waals surface area contributed by atoms with E-state index in [9.17, 15) is 0 Å². The van der Waals surface area contributed by atoms with Crippen LogP contribution in [0.2, 0.25) is 5.02 Å². The molecule has 1 aromatic heterocycles. The second-order valence-corrected chi connectivity index (χ2v) is 5.91.